The zero-order valence-electron chi connectivity index (χ0n) is 9.83. The van der Waals surface area contributed by atoms with E-state index in [4.69, 9.17) is 0 Å². The predicted octanol–water partition coefficient (Wildman–Crippen LogP) is 3.74. The van der Waals surface area contributed by atoms with Crippen molar-refractivity contribution < 1.29 is 0 Å². The van der Waals surface area contributed by atoms with Crippen LogP contribution in [0.1, 0.15) is 39.2 Å². The second kappa shape index (κ2) is 6.19. The molecule has 0 atom stereocenters. The van der Waals surface area contributed by atoms with Crippen molar-refractivity contribution in [3.8, 4) is 0 Å². The fourth-order valence-corrected chi connectivity index (χ4v) is 1.07. The van der Waals surface area contributed by atoms with Crippen LogP contribution in [0.3, 0.4) is 0 Å². The number of hydrogen-bond acceptors (Lipinski definition) is 1. The van der Waals surface area contributed by atoms with Gasteiger partial charge in [-0.1, -0.05) is 26.0 Å². The minimum atomic E-state index is 0.947. The highest BCUT2D eigenvalue weighted by molar-refractivity contribution is 5.48. The standard InChI is InChI=1S/C10H14N2.C2H6/c1-5-12-9(4)7-11-10(12)6-8(2)3;1-2/h5-7H,1H2,2-4H3;1-2H3. The molecule has 0 saturated carbocycles. The van der Waals surface area contributed by atoms with Gasteiger partial charge in [0.1, 0.15) is 5.82 Å². The van der Waals surface area contributed by atoms with E-state index in [1.54, 1.807) is 6.20 Å². The van der Waals surface area contributed by atoms with Gasteiger partial charge in [-0.25, -0.2) is 4.98 Å². The first-order valence-electron chi connectivity index (χ1n) is 4.96. The molecule has 0 unspecified atom stereocenters. The molecule has 0 aromatic carbocycles. The monoisotopic (exact) mass is 192 g/mol. The van der Waals surface area contributed by atoms with Gasteiger partial charge >= 0.3 is 0 Å². The molecule has 1 heterocycles. The summed E-state index contributed by atoms with van der Waals surface area (Å²) in [5.74, 6) is 0.947. The molecule has 2 nitrogen and oxygen atoms in total. The highest BCUT2D eigenvalue weighted by Gasteiger charge is 1.99. The van der Waals surface area contributed by atoms with Crippen LogP contribution in [0.2, 0.25) is 0 Å². The van der Waals surface area contributed by atoms with Gasteiger partial charge < -0.3 is 4.57 Å². The van der Waals surface area contributed by atoms with Crippen LogP contribution >= 0.6 is 0 Å². The highest BCUT2D eigenvalue weighted by atomic mass is 15.1. The largest absolute Gasteiger partial charge is 0.305 e. The molecule has 0 spiro atoms. The van der Waals surface area contributed by atoms with E-state index in [0.717, 1.165) is 11.5 Å². The molecule has 0 aliphatic rings. The second-order valence-electron chi connectivity index (χ2n) is 3.03. The molecule has 0 amide bonds. The molecule has 0 fully saturated rings. The number of nitrogens with zero attached hydrogens (tertiary/aromatic N) is 2. The number of allylic oxidation sites excluding steroid dienone is 1. The molecule has 78 valence electrons. The molecule has 1 rings (SSSR count). The Bertz CT molecular complexity index is 315. The minimum absolute atomic E-state index is 0.947. The lowest BCUT2D eigenvalue weighted by molar-refractivity contribution is 1.05. The number of imidazole rings is 1. The van der Waals surface area contributed by atoms with Gasteiger partial charge in [-0.3, -0.25) is 0 Å². The van der Waals surface area contributed by atoms with Gasteiger partial charge in [0, 0.05) is 18.1 Å². The smallest absolute Gasteiger partial charge is 0.136 e. The van der Waals surface area contributed by atoms with Crippen molar-refractivity contribution in [2.45, 2.75) is 34.6 Å². The minimum Gasteiger partial charge on any atom is -0.305 e. The molecule has 0 aliphatic carbocycles. The van der Waals surface area contributed by atoms with Gasteiger partial charge in [-0.15, -0.1) is 0 Å². The van der Waals surface area contributed by atoms with E-state index in [-0.39, 0.29) is 0 Å². The Kier molecular flexibility index (Phi) is 5.61. The lowest BCUT2D eigenvalue weighted by atomic mass is 10.3. The first-order chi connectivity index (χ1) is 6.65. The van der Waals surface area contributed by atoms with Crippen molar-refractivity contribution in [3.63, 3.8) is 0 Å². The van der Waals surface area contributed by atoms with Gasteiger partial charge in [-0.05, 0) is 26.8 Å². The second-order valence-corrected chi connectivity index (χ2v) is 3.03. The van der Waals surface area contributed by atoms with Gasteiger partial charge in [0.25, 0.3) is 0 Å². The van der Waals surface area contributed by atoms with Crippen molar-refractivity contribution in [3.05, 3.63) is 29.9 Å². The van der Waals surface area contributed by atoms with E-state index in [1.165, 1.54) is 5.57 Å². The number of rotatable bonds is 2. The maximum absolute atomic E-state index is 4.24. The van der Waals surface area contributed by atoms with Crippen LogP contribution in [0.15, 0.2) is 18.3 Å². The van der Waals surface area contributed by atoms with E-state index in [2.05, 4.69) is 25.4 Å². The molecule has 0 saturated heterocycles. The Morgan fingerprint density at radius 3 is 2.43 bits per heavy atom. The first kappa shape index (κ1) is 12.7. The molecule has 14 heavy (non-hydrogen) atoms. The van der Waals surface area contributed by atoms with Crippen molar-refractivity contribution in [2.24, 2.45) is 0 Å². The Labute approximate surface area is 87.0 Å². The van der Waals surface area contributed by atoms with Crippen LogP contribution in [-0.4, -0.2) is 9.55 Å². The fraction of sp³-hybridized carbons (Fsp3) is 0.417. The third kappa shape index (κ3) is 3.21. The number of aromatic nitrogens is 2. The molecule has 0 aliphatic heterocycles. The molecule has 0 bridgehead atoms. The quantitative estimate of drug-likeness (QED) is 0.698. The summed E-state index contributed by atoms with van der Waals surface area (Å²) < 4.78 is 1.97. The number of aryl methyl sites for hydroxylation is 1. The summed E-state index contributed by atoms with van der Waals surface area (Å²) in [6.07, 6.45) is 5.65. The van der Waals surface area contributed by atoms with E-state index >= 15 is 0 Å². The van der Waals surface area contributed by atoms with Gasteiger partial charge in [-0.2, -0.15) is 0 Å². The lowest BCUT2D eigenvalue weighted by Gasteiger charge is -1.99. The molecule has 0 radical (unpaired) electrons. The van der Waals surface area contributed by atoms with Gasteiger partial charge in [0.15, 0.2) is 0 Å². The lowest BCUT2D eigenvalue weighted by Crippen LogP contribution is -1.91. The third-order valence-corrected chi connectivity index (χ3v) is 1.61. The molecule has 0 N–H and O–H groups in total. The summed E-state index contributed by atoms with van der Waals surface area (Å²) in [6, 6.07) is 0. The summed E-state index contributed by atoms with van der Waals surface area (Å²) in [5.41, 5.74) is 2.35. The van der Waals surface area contributed by atoms with Crippen LogP contribution in [0, 0.1) is 6.92 Å². The van der Waals surface area contributed by atoms with E-state index in [9.17, 15) is 0 Å². The summed E-state index contributed by atoms with van der Waals surface area (Å²) in [6.45, 7) is 13.8. The Morgan fingerprint density at radius 1 is 1.43 bits per heavy atom. The van der Waals surface area contributed by atoms with Crippen molar-refractivity contribution >= 4 is 12.3 Å². The van der Waals surface area contributed by atoms with E-state index in [1.807, 2.05) is 37.6 Å². The summed E-state index contributed by atoms with van der Waals surface area (Å²) in [4.78, 5) is 4.24. The molecule has 1 aromatic rings. The molecular weight excluding hydrogens is 172 g/mol. The highest BCUT2D eigenvalue weighted by Crippen LogP contribution is 2.08. The van der Waals surface area contributed by atoms with Crippen LogP contribution in [-0.2, 0) is 0 Å². The van der Waals surface area contributed by atoms with E-state index < -0.39 is 0 Å². The Morgan fingerprint density at radius 2 is 2.00 bits per heavy atom. The zero-order chi connectivity index (χ0) is 11.1. The topological polar surface area (TPSA) is 17.8 Å². The van der Waals surface area contributed by atoms with Crippen LogP contribution in [0.25, 0.3) is 12.3 Å². The average Bonchev–Trinajstić information content (AvgIpc) is 2.49. The maximum atomic E-state index is 4.24. The molecular formula is C12H20N2. The van der Waals surface area contributed by atoms with Gasteiger partial charge in [0.05, 0.1) is 0 Å². The van der Waals surface area contributed by atoms with Crippen LogP contribution in [0.5, 0.6) is 0 Å². The SMILES string of the molecule is C=Cn1c(C)cnc1C=C(C)C.CC. The zero-order valence-corrected chi connectivity index (χ0v) is 9.83. The van der Waals surface area contributed by atoms with Crippen molar-refractivity contribution in [1.29, 1.82) is 0 Å². The average molecular weight is 192 g/mol. The van der Waals surface area contributed by atoms with Crippen molar-refractivity contribution in [1.82, 2.24) is 9.55 Å². The first-order valence-corrected chi connectivity index (χ1v) is 4.96. The van der Waals surface area contributed by atoms with Crippen LogP contribution < -0.4 is 0 Å². The number of hydrogen-bond donors (Lipinski definition) is 0. The summed E-state index contributed by atoms with van der Waals surface area (Å²) in [5, 5.41) is 0. The molecule has 1 aromatic heterocycles. The van der Waals surface area contributed by atoms with Crippen molar-refractivity contribution in [2.75, 3.05) is 0 Å². The Hall–Kier alpha value is -1.31. The molecule has 2 heteroatoms. The Balaban J connectivity index is 0.000000791. The predicted molar refractivity (Wildman–Crippen MR) is 64.0 cm³/mol. The normalized spacial score (nSPS) is 8.64. The van der Waals surface area contributed by atoms with Gasteiger partial charge in [0.2, 0.25) is 0 Å². The third-order valence-electron chi connectivity index (χ3n) is 1.61. The van der Waals surface area contributed by atoms with Crippen LogP contribution in [0.4, 0.5) is 0 Å². The maximum Gasteiger partial charge on any atom is 0.136 e. The summed E-state index contributed by atoms with van der Waals surface area (Å²) >= 11 is 0. The van der Waals surface area contributed by atoms with E-state index in [0.29, 0.717) is 0 Å². The fourth-order valence-electron chi connectivity index (χ4n) is 1.07. The summed E-state index contributed by atoms with van der Waals surface area (Å²) in [7, 11) is 0.